The first-order valence-corrected chi connectivity index (χ1v) is 30.2. The summed E-state index contributed by atoms with van der Waals surface area (Å²) in [5.41, 5.74) is 0.421. The molecule has 3 atom stereocenters. The van der Waals surface area contributed by atoms with Crippen LogP contribution in [0.25, 0.3) is 17.7 Å². The molecule has 82 heavy (non-hydrogen) atoms. The maximum atomic E-state index is 14.4. The molecule has 0 spiro atoms. The van der Waals surface area contributed by atoms with Crippen molar-refractivity contribution in [3.05, 3.63) is 83.4 Å². The van der Waals surface area contributed by atoms with Crippen LogP contribution >= 0.6 is 0 Å². The highest BCUT2D eigenvalue weighted by Gasteiger charge is 2.55. The van der Waals surface area contributed by atoms with Gasteiger partial charge < -0.3 is 37.9 Å². The summed E-state index contributed by atoms with van der Waals surface area (Å²) in [4.78, 5) is 40.2. The number of unbranched alkanes of at least 4 members (excludes halogenated alkanes) is 11. The summed E-state index contributed by atoms with van der Waals surface area (Å²) in [6.45, 7) is 28.3. The molecular weight excluding hydrogens is 1030 g/mol. The fraction of sp³-hybridized carbons (Fsp3) is 0.629. The zero-order valence-electron chi connectivity index (χ0n) is 53.5. The average Bonchev–Trinajstić information content (AvgIpc) is 3.42. The van der Waals surface area contributed by atoms with Crippen molar-refractivity contribution in [2.24, 2.45) is 32.5 Å². The van der Waals surface area contributed by atoms with Crippen LogP contribution in [0.2, 0.25) is 0 Å². The van der Waals surface area contributed by atoms with Crippen molar-refractivity contribution in [2.45, 2.75) is 199 Å². The van der Waals surface area contributed by atoms with Crippen molar-refractivity contribution in [3.63, 3.8) is 0 Å². The van der Waals surface area contributed by atoms with E-state index >= 15 is 0 Å². The largest absolute Gasteiger partial charge is 0.494 e. The van der Waals surface area contributed by atoms with Gasteiger partial charge in [-0.25, -0.2) is 4.79 Å². The van der Waals surface area contributed by atoms with Gasteiger partial charge in [0.2, 0.25) is 0 Å². The zero-order valence-corrected chi connectivity index (χ0v) is 53.5. The second-order valence-electron chi connectivity index (χ2n) is 26.1. The van der Waals surface area contributed by atoms with Gasteiger partial charge in [-0.2, -0.15) is 5.26 Å². The van der Waals surface area contributed by atoms with Gasteiger partial charge in [-0.05, 0) is 177 Å². The molecule has 0 aliphatic rings. The number of hydrogen-bond acceptors (Lipinski definition) is 12. The van der Waals surface area contributed by atoms with E-state index in [0.717, 1.165) is 112 Å². The van der Waals surface area contributed by atoms with E-state index in [-0.39, 0.29) is 28.2 Å². The molecular formula is C70H105NO11. The molecule has 0 N–H and O–H groups in total. The molecule has 12 nitrogen and oxygen atoms in total. The Bertz CT molecular complexity index is 2530. The molecule has 0 fully saturated rings. The number of nitriles is 1. The van der Waals surface area contributed by atoms with Crippen molar-refractivity contribution in [1.29, 1.82) is 5.26 Å². The van der Waals surface area contributed by atoms with Crippen LogP contribution in [0.5, 0.6) is 28.7 Å². The van der Waals surface area contributed by atoms with Gasteiger partial charge >= 0.3 is 17.9 Å². The lowest BCUT2D eigenvalue weighted by molar-refractivity contribution is -0.172. The Kier molecular flexibility index (Phi) is 29.1. The molecule has 0 saturated heterocycles. The Morgan fingerprint density at radius 1 is 0.512 bits per heavy atom. The molecule has 0 amide bonds. The minimum absolute atomic E-state index is 0.110. The van der Waals surface area contributed by atoms with Gasteiger partial charge in [-0.1, -0.05) is 132 Å². The number of allylic oxidation sites excluding steroid dienone is 1. The zero-order chi connectivity index (χ0) is 61.0. The van der Waals surface area contributed by atoms with Gasteiger partial charge in [-0.3, -0.25) is 9.59 Å². The molecule has 0 saturated carbocycles. The summed E-state index contributed by atoms with van der Waals surface area (Å²) in [5.74, 6) is 2.58. The summed E-state index contributed by atoms with van der Waals surface area (Å²) in [5, 5.41) is 9.94. The molecule has 0 aromatic heterocycles. The van der Waals surface area contributed by atoms with Crippen LogP contribution < -0.4 is 23.7 Å². The minimum atomic E-state index is -0.740. The maximum Gasteiger partial charge on any atom is 0.330 e. The first kappa shape index (κ1) is 70.3. The molecule has 0 radical (unpaired) electrons. The van der Waals surface area contributed by atoms with Crippen LogP contribution in [-0.4, -0.2) is 72.8 Å². The second-order valence-corrected chi connectivity index (χ2v) is 26.1. The highest BCUT2D eigenvalue weighted by molar-refractivity contribution is 5.90. The predicted octanol–water partition coefficient (Wildman–Crippen LogP) is 17.7. The van der Waals surface area contributed by atoms with E-state index in [1.165, 1.54) is 26.0 Å². The highest BCUT2D eigenvalue weighted by Crippen LogP contribution is 2.57. The lowest BCUT2D eigenvalue weighted by Gasteiger charge is -2.50. The first-order chi connectivity index (χ1) is 38.7. The SMILES string of the molecule is CCC(C)(CCC(C)(C)C(C)(CC(C)(C)C)C(=O)OCCCCCCCCCCCOc1ccc(C=C(C#N)c2ccc(OC)c(OC)c2)cc1OC)C(C)(CC(C)(C)C)C(=O)OCCCCCCOc1ccc(C=CC(=O)OC)cc1. The summed E-state index contributed by atoms with van der Waals surface area (Å²) >= 11 is 0. The minimum Gasteiger partial charge on any atom is -0.494 e. The van der Waals surface area contributed by atoms with Crippen LogP contribution in [0.3, 0.4) is 0 Å². The molecule has 0 aliphatic carbocycles. The van der Waals surface area contributed by atoms with E-state index in [4.69, 9.17) is 33.2 Å². The Hall–Kier alpha value is -5.96. The van der Waals surface area contributed by atoms with Crippen molar-refractivity contribution < 1.29 is 52.3 Å². The number of hydrogen-bond donors (Lipinski definition) is 0. The highest BCUT2D eigenvalue weighted by atomic mass is 16.5. The Balaban J connectivity index is 1.44. The van der Waals surface area contributed by atoms with Crippen molar-refractivity contribution >= 4 is 35.6 Å². The van der Waals surface area contributed by atoms with E-state index < -0.39 is 22.2 Å². The summed E-state index contributed by atoms with van der Waals surface area (Å²) < 4.78 is 45.5. The number of carbonyl (C=O) groups is 3. The Morgan fingerprint density at radius 2 is 0.976 bits per heavy atom. The Labute approximate surface area is 495 Å². The van der Waals surface area contributed by atoms with Crippen LogP contribution in [0, 0.1) is 43.8 Å². The normalized spacial score (nSPS) is 14.4. The van der Waals surface area contributed by atoms with Crippen LogP contribution in [0.1, 0.15) is 215 Å². The second kappa shape index (κ2) is 34.0. The predicted molar refractivity (Wildman–Crippen MR) is 332 cm³/mol. The fourth-order valence-corrected chi connectivity index (χ4v) is 11.1. The van der Waals surface area contributed by atoms with E-state index in [1.54, 1.807) is 39.5 Å². The van der Waals surface area contributed by atoms with Crippen molar-refractivity contribution in [1.82, 2.24) is 0 Å². The van der Waals surface area contributed by atoms with Gasteiger partial charge in [0.05, 0.1) is 77.3 Å². The van der Waals surface area contributed by atoms with Crippen LogP contribution in [0.15, 0.2) is 66.7 Å². The van der Waals surface area contributed by atoms with Crippen molar-refractivity contribution in [3.8, 4) is 34.8 Å². The summed E-state index contributed by atoms with van der Waals surface area (Å²) in [7, 11) is 6.13. The standard InChI is InChI=1S/C70H105NO11/c1-17-68(10,70(12,52-66(5,6)7)64(74)82-46-30-26-25-27-43-79-57-36-31-53(32-37-57)34-40-62(72)78-16)42-41-67(8,9)69(11,51-65(2,3)4)63(73)81-45-29-24-22-20-18-19-21-23-28-44-80-59-38-33-54(48-60(59)76-14)47-56(50-71)55-35-39-58(75-13)61(49-55)77-15/h31-40,47-49H,17-30,41-46,51-52H2,1-16H3. The number of ether oxygens (including phenoxy) is 8. The number of esters is 3. The third-order valence-corrected chi connectivity index (χ3v) is 16.7. The van der Waals surface area contributed by atoms with Gasteiger partial charge in [0.15, 0.2) is 23.0 Å². The lowest BCUT2D eigenvalue weighted by Crippen LogP contribution is -2.49. The number of methoxy groups -OCH3 is 4. The third kappa shape index (κ3) is 22.7. The molecule has 12 heteroatoms. The molecule has 3 rings (SSSR count). The molecule has 0 heterocycles. The van der Waals surface area contributed by atoms with Gasteiger partial charge in [0.1, 0.15) is 5.75 Å². The number of benzene rings is 3. The molecule has 3 aromatic rings. The molecule has 456 valence electrons. The topological polar surface area (TPSA) is 149 Å². The quantitative estimate of drug-likeness (QED) is 0.0134. The molecule has 3 aromatic carbocycles. The first-order valence-electron chi connectivity index (χ1n) is 30.2. The van der Waals surface area contributed by atoms with E-state index in [9.17, 15) is 19.6 Å². The van der Waals surface area contributed by atoms with E-state index in [0.29, 0.717) is 67.8 Å². The molecule has 0 bridgehead atoms. The van der Waals surface area contributed by atoms with Gasteiger partial charge in [0.25, 0.3) is 0 Å². The maximum absolute atomic E-state index is 14.4. The third-order valence-electron chi connectivity index (χ3n) is 16.7. The fourth-order valence-electron chi connectivity index (χ4n) is 11.1. The molecule has 3 unspecified atom stereocenters. The molecule has 0 aliphatic heterocycles. The van der Waals surface area contributed by atoms with Crippen LogP contribution in [-0.2, 0) is 28.6 Å². The average molecular weight is 1140 g/mol. The van der Waals surface area contributed by atoms with E-state index in [2.05, 4.69) is 93.9 Å². The summed E-state index contributed by atoms with van der Waals surface area (Å²) in [6, 6.07) is 21.0. The number of nitrogens with zero attached hydrogens (tertiary/aromatic N) is 1. The van der Waals surface area contributed by atoms with E-state index in [1.807, 2.05) is 54.6 Å². The smallest absolute Gasteiger partial charge is 0.330 e. The Morgan fingerprint density at radius 3 is 1.48 bits per heavy atom. The summed E-state index contributed by atoms with van der Waals surface area (Å²) in [6.07, 6.45) is 21.8. The van der Waals surface area contributed by atoms with Gasteiger partial charge in [0, 0.05) is 6.08 Å². The monoisotopic (exact) mass is 1140 g/mol. The van der Waals surface area contributed by atoms with Crippen LogP contribution in [0.4, 0.5) is 0 Å². The number of carbonyl (C=O) groups excluding carboxylic acids is 3. The van der Waals surface area contributed by atoms with Gasteiger partial charge in [-0.15, -0.1) is 0 Å². The van der Waals surface area contributed by atoms with Crippen molar-refractivity contribution in [2.75, 3.05) is 54.9 Å². The number of rotatable bonds is 38. The lowest BCUT2D eigenvalue weighted by atomic mass is 9.53.